The summed E-state index contributed by atoms with van der Waals surface area (Å²) in [6, 6.07) is 3.85. The van der Waals surface area contributed by atoms with Crippen molar-refractivity contribution in [2.45, 2.75) is 24.3 Å². The summed E-state index contributed by atoms with van der Waals surface area (Å²) in [7, 11) is 1.82. The number of nitrogens with zero attached hydrogens (tertiary/aromatic N) is 4. The maximum Gasteiger partial charge on any atom is 0.276 e. The fourth-order valence-corrected chi connectivity index (χ4v) is 2.73. The number of hydrogen-bond acceptors (Lipinski definition) is 5. The molecule has 0 saturated carbocycles. The highest BCUT2D eigenvalue weighted by Crippen LogP contribution is 2.28. The van der Waals surface area contributed by atoms with E-state index in [9.17, 15) is 14.5 Å². The van der Waals surface area contributed by atoms with E-state index in [2.05, 4.69) is 10.2 Å². The lowest BCUT2D eigenvalue weighted by Crippen LogP contribution is -2.00. The van der Waals surface area contributed by atoms with Gasteiger partial charge in [-0.05, 0) is 6.07 Å². The molecule has 0 aliphatic heterocycles. The Hall–Kier alpha value is -1.96. The van der Waals surface area contributed by atoms with Gasteiger partial charge in [0.2, 0.25) is 0 Å². The average Bonchev–Trinajstić information content (AvgIpc) is 2.77. The van der Waals surface area contributed by atoms with Gasteiger partial charge >= 0.3 is 0 Å². The second-order valence-electron chi connectivity index (χ2n) is 4.09. The summed E-state index contributed by atoms with van der Waals surface area (Å²) in [5, 5.41) is 19.5. The Morgan fingerprint density at radius 1 is 1.45 bits per heavy atom. The maximum absolute atomic E-state index is 13.7. The van der Waals surface area contributed by atoms with Gasteiger partial charge in [-0.3, -0.25) is 10.1 Å². The highest BCUT2D eigenvalue weighted by Gasteiger charge is 2.19. The second kappa shape index (κ2) is 6.00. The minimum absolute atomic E-state index is 0.0727. The van der Waals surface area contributed by atoms with Crippen molar-refractivity contribution >= 4 is 17.4 Å². The van der Waals surface area contributed by atoms with Gasteiger partial charge in [0, 0.05) is 25.3 Å². The molecule has 0 spiro atoms. The lowest BCUT2D eigenvalue weighted by Gasteiger charge is -2.04. The van der Waals surface area contributed by atoms with Gasteiger partial charge in [-0.15, -0.1) is 10.2 Å². The van der Waals surface area contributed by atoms with Crippen molar-refractivity contribution in [3.05, 3.63) is 45.5 Å². The van der Waals surface area contributed by atoms with Gasteiger partial charge in [-0.1, -0.05) is 24.8 Å². The number of hydrogen-bond donors (Lipinski definition) is 0. The normalized spacial score (nSPS) is 10.8. The molecule has 0 atom stereocenters. The zero-order valence-electron chi connectivity index (χ0n) is 11.0. The zero-order chi connectivity index (χ0) is 14.7. The predicted octanol–water partition coefficient (Wildman–Crippen LogP) is 2.72. The molecule has 0 N–H and O–H groups in total. The van der Waals surface area contributed by atoms with Gasteiger partial charge in [0.15, 0.2) is 5.16 Å². The second-order valence-corrected chi connectivity index (χ2v) is 5.04. The number of benzene rings is 1. The molecular formula is C12H13FN4O2S. The summed E-state index contributed by atoms with van der Waals surface area (Å²) in [4.78, 5) is 10.3. The fourth-order valence-electron chi connectivity index (χ4n) is 1.78. The Morgan fingerprint density at radius 2 is 2.20 bits per heavy atom. The summed E-state index contributed by atoms with van der Waals surface area (Å²) in [5.74, 6) is 0.374. The molecule has 2 aromatic rings. The van der Waals surface area contributed by atoms with Gasteiger partial charge in [0.1, 0.15) is 11.6 Å². The molecule has 106 valence electrons. The van der Waals surface area contributed by atoms with Gasteiger partial charge in [0.05, 0.1) is 10.5 Å². The summed E-state index contributed by atoms with van der Waals surface area (Å²) in [6.07, 6.45) is 0.740. The average molecular weight is 296 g/mol. The van der Waals surface area contributed by atoms with Crippen molar-refractivity contribution in [2.75, 3.05) is 0 Å². The number of aryl methyl sites for hydroxylation is 1. The number of rotatable bonds is 5. The number of aromatic nitrogens is 3. The maximum atomic E-state index is 13.7. The smallest absolute Gasteiger partial charge is 0.276 e. The molecule has 6 nitrogen and oxygen atoms in total. The van der Waals surface area contributed by atoms with Crippen LogP contribution in [0.3, 0.4) is 0 Å². The summed E-state index contributed by atoms with van der Waals surface area (Å²) >= 11 is 1.23. The van der Waals surface area contributed by atoms with Crippen LogP contribution in [0.2, 0.25) is 0 Å². The van der Waals surface area contributed by atoms with Crippen LogP contribution in [0.5, 0.6) is 0 Å². The van der Waals surface area contributed by atoms with Crippen molar-refractivity contribution in [1.82, 2.24) is 14.8 Å². The van der Waals surface area contributed by atoms with Crippen molar-refractivity contribution in [3.63, 3.8) is 0 Å². The third-order valence-corrected chi connectivity index (χ3v) is 3.92. The van der Waals surface area contributed by atoms with Crippen molar-refractivity contribution in [1.29, 1.82) is 0 Å². The molecule has 0 bridgehead atoms. The van der Waals surface area contributed by atoms with E-state index in [0.29, 0.717) is 5.16 Å². The Bertz CT molecular complexity index is 644. The molecule has 0 saturated heterocycles. The van der Waals surface area contributed by atoms with Crippen LogP contribution in [0.15, 0.2) is 23.4 Å². The quantitative estimate of drug-likeness (QED) is 0.482. The monoisotopic (exact) mass is 296 g/mol. The fraction of sp³-hybridized carbons (Fsp3) is 0.333. The number of thioether (sulfide) groups is 1. The first-order valence-corrected chi connectivity index (χ1v) is 6.96. The predicted molar refractivity (Wildman–Crippen MR) is 73.0 cm³/mol. The van der Waals surface area contributed by atoms with Crippen LogP contribution in [-0.4, -0.2) is 19.7 Å². The van der Waals surface area contributed by atoms with Crippen LogP contribution >= 0.6 is 11.8 Å². The minimum Gasteiger partial charge on any atom is -0.309 e. The molecule has 0 amide bonds. The van der Waals surface area contributed by atoms with Crippen LogP contribution < -0.4 is 0 Å². The lowest BCUT2D eigenvalue weighted by atomic mass is 10.2. The van der Waals surface area contributed by atoms with Gasteiger partial charge in [-0.2, -0.15) is 0 Å². The third-order valence-electron chi connectivity index (χ3n) is 2.88. The van der Waals surface area contributed by atoms with E-state index in [0.717, 1.165) is 12.2 Å². The summed E-state index contributed by atoms with van der Waals surface area (Å²) < 4.78 is 15.5. The summed E-state index contributed by atoms with van der Waals surface area (Å²) in [5.41, 5.74) is -0.140. The van der Waals surface area contributed by atoms with E-state index < -0.39 is 10.7 Å². The Morgan fingerprint density at radius 3 is 2.80 bits per heavy atom. The number of nitro benzene ring substituents is 1. The first kappa shape index (κ1) is 14.4. The Labute approximate surface area is 119 Å². The van der Waals surface area contributed by atoms with Crippen LogP contribution in [-0.2, 0) is 19.2 Å². The first-order valence-electron chi connectivity index (χ1n) is 5.97. The molecule has 0 aliphatic rings. The molecule has 20 heavy (non-hydrogen) atoms. The molecule has 0 unspecified atom stereocenters. The highest BCUT2D eigenvalue weighted by atomic mass is 32.2. The molecule has 2 rings (SSSR count). The van der Waals surface area contributed by atoms with E-state index in [-0.39, 0.29) is 17.0 Å². The SMILES string of the molecule is CCc1nnc(SCc2c(F)cccc2[N+](=O)[O-])n1C. The molecular weight excluding hydrogens is 283 g/mol. The van der Waals surface area contributed by atoms with E-state index in [1.165, 1.54) is 30.0 Å². The molecule has 1 heterocycles. The molecule has 1 aromatic carbocycles. The van der Waals surface area contributed by atoms with E-state index in [4.69, 9.17) is 0 Å². The summed E-state index contributed by atoms with van der Waals surface area (Å²) in [6.45, 7) is 1.96. The molecule has 8 heteroatoms. The van der Waals surface area contributed by atoms with Crippen molar-refractivity contribution in [3.8, 4) is 0 Å². The molecule has 0 fully saturated rings. The first-order chi connectivity index (χ1) is 9.54. The van der Waals surface area contributed by atoms with Crippen LogP contribution in [0, 0.1) is 15.9 Å². The topological polar surface area (TPSA) is 73.8 Å². The standard InChI is InChI=1S/C12H13FN4O2S/c1-3-11-14-15-12(16(11)2)20-7-8-9(13)5-4-6-10(8)17(18)19/h4-6H,3,7H2,1-2H3. The van der Waals surface area contributed by atoms with Crippen LogP contribution in [0.4, 0.5) is 10.1 Å². The Balaban J connectivity index is 2.22. The van der Waals surface area contributed by atoms with E-state index >= 15 is 0 Å². The van der Waals surface area contributed by atoms with Gasteiger partial charge < -0.3 is 4.57 Å². The van der Waals surface area contributed by atoms with Crippen molar-refractivity contribution in [2.24, 2.45) is 7.05 Å². The van der Waals surface area contributed by atoms with E-state index in [1.807, 2.05) is 14.0 Å². The largest absolute Gasteiger partial charge is 0.309 e. The highest BCUT2D eigenvalue weighted by molar-refractivity contribution is 7.98. The van der Waals surface area contributed by atoms with Crippen molar-refractivity contribution < 1.29 is 9.31 Å². The number of nitro groups is 1. The van der Waals surface area contributed by atoms with Crippen LogP contribution in [0.1, 0.15) is 18.3 Å². The minimum atomic E-state index is -0.579. The van der Waals surface area contributed by atoms with Gasteiger partial charge in [-0.25, -0.2) is 4.39 Å². The Kier molecular flexibility index (Phi) is 4.33. The van der Waals surface area contributed by atoms with Crippen LogP contribution in [0.25, 0.3) is 0 Å². The zero-order valence-corrected chi connectivity index (χ0v) is 11.9. The molecule has 0 radical (unpaired) electrons. The lowest BCUT2D eigenvalue weighted by molar-refractivity contribution is -0.385. The van der Waals surface area contributed by atoms with Gasteiger partial charge in [0.25, 0.3) is 5.69 Å². The number of halogens is 1. The molecule has 1 aromatic heterocycles. The third kappa shape index (κ3) is 2.79. The van der Waals surface area contributed by atoms with E-state index in [1.54, 1.807) is 4.57 Å². The molecule has 0 aliphatic carbocycles.